The third-order valence-corrected chi connectivity index (χ3v) is 4.79. The fourth-order valence-corrected chi connectivity index (χ4v) is 2.70. The molecule has 2 N–H and O–H groups in total. The minimum Gasteiger partial charge on any atom is -0.324 e. The van der Waals surface area contributed by atoms with Gasteiger partial charge in [0.05, 0.1) is 5.75 Å². The van der Waals surface area contributed by atoms with E-state index >= 15 is 0 Å². The van der Waals surface area contributed by atoms with Crippen LogP contribution in [0.15, 0.2) is 18.2 Å². The fourth-order valence-electron chi connectivity index (χ4n) is 1.62. The SMILES string of the molecule is CCS(=O)(=O)CCCC(N)c1cc(Cl)ccc1F. The van der Waals surface area contributed by atoms with E-state index in [2.05, 4.69) is 0 Å². The molecule has 0 bridgehead atoms. The van der Waals surface area contributed by atoms with E-state index in [-0.39, 0.29) is 11.5 Å². The van der Waals surface area contributed by atoms with Crippen molar-refractivity contribution in [1.82, 2.24) is 0 Å². The Kier molecular flexibility index (Phi) is 5.56. The molecule has 0 saturated heterocycles. The number of hydrogen-bond donors (Lipinski definition) is 1. The van der Waals surface area contributed by atoms with Gasteiger partial charge in [0.2, 0.25) is 0 Å². The van der Waals surface area contributed by atoms with E-state index in [4.69, 9.17) is 17.3 Å². The second kappa shape index (κ2) is 6.50. The maximum Gasteiger partial charge on any atom is 0.150 e. The molecule has 0 aliphatic heterocycles. The summed E-state index contributed by atoms with van der Waals surface area (Å²) in [6.07, 6.45) is 0.833. The Balaban J connectivity index is 2.61. The van der Waals surface area contributed by atoms with Crippen molar-refractivity contribution < 1.29 is 12.8 Å². The molecule has 0 spiro atoms. The summed E-state index contributed by atoms with van der Waals surface area (Å²) < 4.78 is 36.1. The van der Waals surface area contributed by atoms with Gasteiger partial charge in [-0.2, -0.15) is 0 Å². The summed E-state index contributed by atoms with van der Waals surface area (Å²) in [5.74, 6) is -0.210. The van der Waals surface area contributed by atoms with E-state index in [9.17, 15) is 12.8 Å². The van der Waals surface area contributed by atoms with Crippen molar-refractivity contribution in [1.29, 1.82) is 0 Å². The zero-order valence-corrected chi connectivity index (χ0v) is 11.8. The number of benzene rings is 1. The third kappa shape index (κ3) is 4.55. The summed E-state index contributed by atoms with van der Waals surface area (Å²) in [5, 5.41) is 0.419. The Morgan fingerprint density at radius 2 is 2.11 bits per heavy atom. The number of halogens is 2. The fraction of sp³-hybridized carbons (Fsp3) is 0.500. The van der Waals surface area contributed by atoms with Crippen LogP contribution in [-0.4, -0.2) is 19.9 Å². The topological polar surface area (TPSA) is 60.2 Å². The van der Waals surface area contributed by atoms with Crippen LogP contribution in [0.25, 0.3) is 0 Å². The molecule has 102 valence electrons. The minimum atomic E-state index is -2.99. The highest BCUT2D eigenvalue weighted by Gasteiger charge is 2.14. The Morgan fingerprint density at radius 1 is 1.44 bits per heavy atom. The zero-order chi connectivity index (χ0) is 13.8. The molecule has 1 aromatic carbocycles. The monoisotopic (exact) mass is 293 g/mol. The second-order valence-electron chi connectivity index (χ2n) is 4.15. The Bertz CT molecular complexity index is 505. The van der Waals surface area contributed by atoms with E-state index in [1.54, 1.807) is 6.92 Å². The number of sulfone groups is 1. The highest BCUT2D eigenvalue weighted by atomic mass is 35.5. The van der Waals surface area contributed by atoms with Gasteiger partial charge in [0, 0.05) is 22.4 Å². The smallest absolute Gasteiger partial charge is 0.150 e. The van der Waals surface area contributed by atoms with Crippen molar-refractivity contribution in [2.45, 2.75) is 25.8 Å². The van der Waals surface area contributed by atoms with E-state index in [0.717, 1.165) is 0 Å². The van der Waals surface area contributed by atoms with Crippen LogP contribution in [0.4, 0.5) is 4.39 Å². The van der Waals surface area contributed by atoms with Gasteiger partial charge in [-0.3, -0.25) is 0 Å². The van der Waals surface area contributed by atoms with Gasteiger partial charge in [-0.05, 0) is 31.0 Å². The van der Waals surface area contributed by atoms with E-state index in [1.165, 1.54) is 18.2 Å². The van der Waals surface area contributed by atoms with Gasteiger partial charge < -0.3 is 5.73 Å². The summed E-state index contributed by atoms with van der Waals surface area (Å²) in [6, 6.07) is 3.67. The van der Waals surface area contributed by atoms with Gasteiger partial charge in [-0.1, -0.05) is 18.5 Å². The molecule has 1 atom stereocenters. The molecule has 1 rings (SSSR count). The van der Waals surface area contributed by atoms with Crippen molar-refractivity contribution in [3.8, 4) is 0 Å². The summed E-state index contributed by atoms with van der Waals surface area (Å²) in [6.45, 7) is 1.60. The lowest BCUT2D eigenvalue weighted by Crippen LogP contribution is -2.15. The van der Waals surface area contributed by atoms with E-state index in [0.29, 0.717) is 23.4 Å². The first kappa shape index (κ1) is 15.4. The van der Waals surface area contributed by atoms with Crippen molar-refractivity contribution in [2.75, 3.05) is 11.5 Å². The quantitative estimate of drug-likeness (QED) is 0.877. The van der Waals surface area contributed by atoms with Crippen molar-refractivity contribution in [3.63, 3.8) is 0 Å². The van der Waals surface area contributed by atoms with Crippen LogP contribution < -0.4 is 5.73 Å². The lowest BCUT2D eigenvalue weighted by Gasteiger charge is -2.13. The van der Waals surface area contributed by atoms with Crippen molar-refractivity contribution >= 4 is 21.4 Å². The van der Waals surface area contributed by atoms with Crippen LogP contribution in [0.3, 0.4) is 0 Å². The van der Waals surface area contributed by atoms with Crippen LogP contribution in [0.1, 0.15) is 31.4 Å². The molecule has 6 heteroatoms. The lowest BCUT2D eigenvalue weighted by molar-refractivity contribution is 0.554. The molecular weight excluding hydrogens is 277 g/mol. The van der Waals surface area contributed by atoms with Gasteiger partial charge in [-0.15, -0.1) is 0 Å². The predicted molar refractivity (Wildman–Crippen MR) is 71.9 cm³/mol. The molecule has 3 nitrogen and oxygen atoms in total. The van der Waals surface area contributed by atoms with Crippen LogP contribution in [0, 0.1) is 5.82 Å². The van der Waals surface area contributed by atoms with Crippen LogP contribution in [0.5, 0.6) is 0 Å². The van der Waals surface area contributed by atoms with Crippen LogP contribution in [0.2, 0.25) is 5.02 Å². The number of nitrogens with two attached hydrogens (primary N) is 1. The molecule has 0 heterocycles. The molecule has 1 aromatic rings. The molecule has 0 aliphatic rings. The summed E-state index contributed by atoms with van der Waals surface area (Å²) in [5.41, 5.74) is 6.17. The Labute approximate surface area is 112 Å². The average molecular weight is 294 g/mol. The summed E-state index contributed by atoms with van der Waals surface area (Å²) >= 11 is 5.77. The first-order valence-corrected chi connectivity index (χ1v) is 7.96. The average Bonchev–Trinajstić information content (AvgIpc) is 2.32. The minimum absolute atomic E-state index is 0.0827. The van der Waals surface area contributed by atoms with Crippen LogP contribution in [-0.2, 0) is 9.84 Å². The van der Waals surface area contributed by atoms with Gasteiger partial charge in [0.1, 0.15) is 15.7 Å². The molecular formula is C12H17ClFNO2S. The number of rotatable bonds is 6. The summed E-state index contributed by atoms with van der Waals surface area (Å²) in [4.78, 5) is 0. The molecule has 1 unspecified atom stereocenters. The molecule has 0 aromatic heterocycles. The molecule has 0 radical (unpaired) electrons. The molecule has 0 amide bonds. The van der Waals surface area contributed by atoms with Gasteiger partial charge in [-0.25, -0.2) is 12.8 Å². The molecule has 0 saturated carbocycles. The first-order chi connectivity index (χ1) is 8.35. The Hall–Kier alpha value is -0.650. The van der Waals surface area contributed by atoms with Gasteiger partial charge in [0.15, 0.2) is 0 Å². The number of hydrogen-bond acceptors (Lipinski definition) is 3. The van der Waals surface area contributed by atoms with Crippen molar-refractivity contribution in [2.24, 2.45) is 5.73 Å². The highest BCUT2D eigenvalue weighted by Crippen LogP contribution is 2.23. The van der Waals surface area contributed by atoms with Crippen LogP contribution >= 0.6 is 11.6 Å². The zero-order valence-electron chi connectivity index (χ0n) is 10.2. The first-order valence-electron chi connectivity index (χ1n) is 5.76. The molecule has 0 fully saturated rings. The Morgan fingerprint density at radius 3 is 2.72 bits per heavy atom. The maximum absolute atomic E-state index is 13.5. The lowest BCUT2D eigenvalue weighted by atomic mass is 10.0. The second-order valence-corrected chi connectivity index (χ2v) is 7.06. The van der Waals surface area contributed by atoms with Crippen molar-refractivity contribution in [3.05, 3.63) is 34.6 Å². The largest absolute Gasteiger partial charge is 0.324 e. The van der Waals surface area contributed by atoms with E-state index < -0.39 is 21.7 Å². The van der Waals surface area contributed by atoms with E-state index in [1.807, 2.05) is 0 Å². The van der Waals surface area contributed by atoms with Gasteiger partial charge in [0.25, 0.3) is 0 Å². The predicted octanol–water partition coefficient (Wildman–Crippen LogP) is 2.69. The third-order valence-electron chi connectivity index (χ3n) is 2.77. The maximum atomic E-state index is 13.5. The standard InChI is InChI=1S/C12H17ClFNO2S/c1-2-18(16,17)7-3-4-12(15)10-8-9(13)5-6-11(10)14/h5-6,8,12H,2-4,7,15H2,1H3. The normalized spacial score (nSPS) is 13.6. The summed E-state index contributed by atoms with van der Waals surface area (Å²) in [7, 11) is -2.99. The van der Waals surface area contributed by atoms with Gasteiger partial charge >= 0.3 is 0 Å². The molecule has 18 heavy (non-hydrogen) atoms. The molecule has 0 aliphatic carbocycles. The highest BCUT2D eigenvalue weighted by molar-refractivity contribution is 7.91.